The zero-order valence-corrected chi connectivity index (χ0v) is 36.3. The predicted octanol–water partition coefficient (Wildman–Crippen LogP) is 16.6. The molecule has 0 aliphatic rings. The van der Waals surface area contributed by atoms with E-state index in [1.807, 2.05) is 0 Å². The first-order valence-corrected chi connectivity index (χ1v) is 23.1. The van der Waals surface area contributed by atoms with Crippen molar-refractivity contribution >= 4 is 96.4 Å². The molecule has 0 amide bonds. The maximum absolute atomic E-state index is 5.55. The molecule has 0 spiro atoms. The van der Waals surface area contributed by atoms with Crippen molar-refractivity contribution in [2.75, 3.05) is 0 Å². The summed E-state index contributed by atoms with van der Waals surface area (Å²) in [4.78, 5) is 16.4. The summed E-state index contributed by atoms with van der Waals surface area (Å²) in [6.07, 6.45) is 0. The largest absolute Gasteiger partial charge is 0.309 e. The highest BCUT2D eigenvalue weighted by Crippen LogP contribution is 2.45. The number of aromatic nitrogens is 4. The summed E-state index contributed by atoms with van der Waals surface area (Å²) in [7, 11) is 0. The number of hydrogen-bond donors (Lipinski definition) is 0. The molecule has 0 fully saturated rings. The van der Waals surface area contributed by atoms with Crippen molar-refractivity contribution in [3.05, 3.63) is 218 Å². The van der Waals surface area contributed by atoms with E-state index in [2.05, 4.69) is 223 Å². The summed E-state index contributed by atoms with van der Waals surface area (Å²) in [5, 5.41) is 14.3. The fourth-order valence-electron chi connectivity index (χ4n) is 10.2. The van der Waals surface area contributed by atoms with Gasteiger partial charge in [-0.2, -0.15) is 0 Å². The lowest BCUT2D eigenvalue weighted by atomic mass is 9.96. The highest BCUT2D eigenvalue weighted by molar-refractivity contribution is 7.26. The van der Waals surface area contributed by atoms with Crippen molar-refractivity contribution in [2.45, 2.75) is 0 Å². The van der Waals surface area contributed by atoms with Crippen molar-refractivity contribution < 1.29 is 0 Å². The Morgan fingerprint density at radius 1 is 0.303 bits per heavy atom. The first-order chi connectivity index (χ1) is 32.7. The van der Waals surface area contributed by atoms with E-state index in [0.717, 1.165) is 54.4 Å². The van der Waals surface area contributed by atoms with Gasteiger partial charge in [0.05, 0.1) is 11.0 Å². The average molecular weight is 857 g/mol. The van der Waals surface area contributed by atoms with E-state index in [-0.39, 0.29) is 0 Å². The third-order valence-corrected chi connectivity index (χ3v) is 14.6. The van der Waals surface area contributed by atoms with E-state index in [0.29, 0.717) is 17.5 Å². The third-order valence-electron chi connectivity index (χ3n) is 13.4. The van der Waals surface area contributed by atoms with Gasteiger partial charge in [0.15, 0.2) is 17.5 Å². The molecular weight excluding hydrogens is 821 g/mol. The van der Waals surface area contributed by atoms with Crippen LogP contribution in [0, 0.1) is 0 Å². The molecule has 14 aromatic rings. The Bertz CT molecular complexity index is 4190. The minimum absolute atomic E-state index is 0.626. The Balaban J connectivity index is 1.08. The average Bonchev–Trinajstić information content (AvgIpc) is 3.91. The van der Waals surface area contributed by atoms with Crippen molar-refractivity contribution in [1.29, 1.82) is 0 Å². The van der Waals surface area contributed by atoms with Crippen LogP contribution in [0.1, 0.15) is 0 Å². The second kappa shape index (κ2) is 14.5. The Labute approximate surface area is 383 Å². The highest BCUT2D eigenvalue weighted by Gasteiger charge is 2.22. The Hall–Kier alpha value is -8.51. The Morgan fingerprint density at radius 2 is 0.803 bits per heavy atom. The molecule has 3 aromatic heterocycles. The molecule has 0 saturated heterocycles. The SMILES string of the molecule is c1ccc(-c2ccc(-c3nc(-c4cc5ccccc5c5ccccc45)nc(-c4cc(-n5c6cc7ccccc7cc6c6cc7ccccc7cc65)cc5c4sc4ccccc45)n3)cc2)cc1. The second-order valence-corrected chi connectivity index (χ2v) is 18.2. The van der Waals surface area contributed by atoms with Crippen LogP contribution in [0.15, 0.2) is 218 Å². The van der Waals surface area contributed by atoms with Gasteiger partial charge in [-0.1, -0.05) is 170 Å². The van der Waals surface area contributed by atoms with E-state index < -0.39 is 0 Å². The van der Waals surface area contributed by atoms with Gasteiger partial charge in [-0.05, 0) is 103 Å². The topological polar surface area (TPSA) is 43.6 Å². The summed E-state index contributed by atoms with van der Waals surface area (Å²) >= 11 is 1.80. The molecule has 4 nitrogen and oxygen atoms in total. The fraction of sp³-hybridized carbons (Fsp3) is 0. The van der Waals surface area contributed by atoms with E-state index in [1.54, 1.807) is 11.3 Å². The van der Waals surface area contributed by atoms with Crippen molar-refractivity contribution in [1.82, 2.24) is 19.5 Å². The maximum atomic E-state index is 5.55. The lowest BCUT2D eigenvalue weighted by Gasteiger charge is -2.15. The van der Waals surface area contributed by atoms with Crippen molar-refractivity contribution in [3.8, 4) is 51.0 Å². The summed E-state index contributed by atoms with van der Waals surface area (Å²) in [6.45, 7) is 0. The predicted molar refractivity (Wildman–Crippen MR) is 279 cm³/mol. The molecular formula is C61H36N4S. The molecule has 11 aromatic carbocycles. The molecule has 5 heteroatoms. The smallest absolute Gasteiger partial charge is 0.165 e. The summed E-state index contributed by atoms with van der Waals surface area (Å²) in [6, 6.07) is 78.8. The van der Waals surface area contributed by atoms with Crippen LogP contribution in [0.4, 0.5) is 0 Å². The summed E-state index contributed by atoms with van der Waals surface area (Å²) in [5.74, 6) is 1.90. The van der Waals surface area contributed by atoms with Crippen LogP contribution in [0.2, 0.25) is 0 Å². The van der Waals surface area contributed by atoms with Crippen LogP contribution in [0.25, 0.3) is 136 Å². The van der Waals surface area contributed by atoms with Crippen LogP contribution >= 0.6 is 11.3 Å². The lowest BCUT2D eigenvalue weighted by molar-refractivity contribution is 1.08. The molecule has 0 aliphatic carbocycles. The molecule has 0 atom stereocenters. The minimum atomic E-state index is 0.626. The van der Waals surface area contributed by atoms with Crippen LogP contribution in [0.3, 0.4) is 0 Å². The summed E-state index contributed by atoms with van der Waals surface area (Å²) in [5.41, 5.74) is 8.53. The van der Waals surface area contributed by atoms with Gasteiger partial charge in [-0.25, -0.2) is 15.0 Å². The molecule has 0 unspecified atom stereocenters. The van der Waals surface area contributed by atoms with Gasteiger partial charge in [0.25, 0.3) is 0 Å². The van der Waals surface area contributed by atoms with Gasteiger partial charge < -0.3 is 4.57 Å². The molecule has 14 rings (SSSR count). The van der Waals surface area contributed by atoms with Gasteiger partial charge in [-0.15, -0.1) is 11.3 Å². The number of hydrogen-bond acceptors (Lipinski definition) is 4. The molecule has 0 saturated carbocycles. The van der Waals surface area contributed by atoms with E-state index in [1.165, 1.54) is 64.1 Å². The van der Waals surface area contributed by atoms with Crippen molar-refractivity contribution in [3.63, 3.8) is 0 Å². The quantitative estimate of drug-likeness (QED) is 0.162. The second-order valence-electron chi connectivity index (χ2n) is 17.2. The molecule has 0 radical (unpaired) electrons. The highest BCUT2D eigenvalue weighted by atomic mass is 32.1. The van der Waals surface area contributed by atoms with Gasteiger partial charge in [0.2, 0.25) is 0 Å². The van der Waals surface area contributed by atoms with Crippen LogP contribution in [-0.4, -0.2) is 19.5 Å². The van der Waals surface area contributed by atoms with E-state index in [9.17, 15) is 0 Å². The third kappa shape index (κ3) is 5.80. The zero-order chi connectivity index (χ0) is 43.3. The van der Waals surface area contributed by atoms with E-state index in [4.69, 9.17) is 15.0 Å². The Morgan fingerprint density at radius 3 is 1.48 bits per heavy atom. The number of rotatable bonds is 5. The van der Waals surface area contributed by atoms with Crippen LogP contribution in [0.5, 0.6) is 0 Å². The zero-order valence-electron chi connectivity index (χ0n) is 35.5. The van der Waals surface area contributed by atoms with Crippen molar-refractivity contribution in [2.24, 2.45) is 0 Å². The number of nitrogens with zero attached hydrogens (tertiary/aromatic N) is 4. The van der Waals surface area contributed by atoms with Gasteiger partial charge in [0, 0.05) is 53.3 Å². The van der Waals surface area contributed by atoms with E-state index >= 15 is 0 Å². The number of benzene rings is 11. The Kier molecular flexibility index (Phi) is 8.12. The molecule has 306 valence electrons. The standard InChI is InChI=1S/C61H36N4S/c1-2-14-37(15-3-1)38-26-28-39(29-27-38)59-62-60(53-32-44-20-8-9-21-46(44)47-22-10-11-23-48(47)53)64-61(63-59)54-36-45(35-52-49-24-12-13-25-57(49)66-58(52)54)65-55-33-42-18-6-4-16-40(42)30-50(55)51-31-41-17-5-7-19-43(41)34-56(51)65/h1-36H. The molecule has 3 heterocycles. The number of thiophene rings is 1. The van der Waals surface area contributed by atoms with Gasteiger partial charge in [0.1, 0.15) is 0 Å². The fourth-order valence-corrected chi connectivity index (χ4v) is 11.4. The first-order valence-electron chi connectivity index (χ1n) is 22.3. The molecule has 0 aliphatic heterocycles. The minimum Gasteiger partial charge on any atom is -0.309 e. The maximum Gasteiger partial charge on any atom is 0.165 e. The lowest BCUT2D eigenvalue weighted by Crippen LogP contribution is -2.02. The monoisotopic (exact) mass is 856 g/mol. The number of fused-ring (bicyclic) bond motifs is 11. The molecule has 0 N–H and O–H groups in total. The molecule has 66 heavy (non-hydrogen) atoms. The summed E-state index contributed by atoms with van der Waals surface area (Å²) < 4.78 is 4.82. The normalized spacial score (nSPS) is 11.9. The molecule has 0 bridgehead atoms. The van der Waals surface area contributed by atoms with Gasteiger partial charge in [-0.3, -0.25) is 0 Å². The first kappa shape index (κ1) is 36.9. The van der Waals surface area contributed by atoms with Gasteiger partial charge >= 0.3 is 0 Å². The van der Waals surface area contributed by atoms with Crippen LogP contribution < -0.4 is 0 Å². The van der Waals surface area contributed by atoms with Crippen LogP contribution in [-0.2, 0) is 0 Å².